The van der Waals surface area contributed by atoms with Gasteiger partial charge in [0, 0.05) is 30.3 Å². The van der Waals surface area contributed by atoms with Gasteiger partial charge in [-0.25, -0.2) is 9.18 Å². The largest absolute Gasteiger partial charge is 0.439 e. The van der Waals surface area contributed by atoms with Crippen LogP contribution in [0.2, 0.25) is 5.02 Å². The van der Waals surface area contributed by atoms with E-state index in [1.165, 1.54) is 6.07 Å². The number of benzene rings is 2. The highest BCUT2D eigenvalue weighted by Gasteiger charge is 2.40. The normalized spacial score (nSPS) is 22.7. The molecule has 1 amide bonds. The first-order valence-electron chi connectivity index (χ1n) is 9.05. The highest BCUT2D eigenvalue weighted by atomic mass is 35.5. The third kappa shape index (κ3) is 3.78. The molecule has 0 saturated carbocycles. The standard InChI is InChI=1S/C21H20ClFN2O2/c22-17-7-4-8-18(23)16(17)13-19-20(14-9-11-25(19)12-10-14)27-21(26)24-15-5-2-1-3-6-15/h1-8,13-14,20H,9-12H2,(H,24,26)/b19-13-. The molecule has 0 spiro atoms. The third-order valence-corrected chi connectivity index (χ3v) is 5.50. The molecular weight excluding hydrogens is 367 g/mol. The van der Waals surface area contributed by atoms with Crippen LogP contribution in [0.3, 0.4) is 0 Å². The van der Waals surface area contributed by atoms with E-state index < -0.39 is 12.2 Å². The van der Waals surface area contributed by atoms with Gasteiger partial charge < -0.3 is 9.64 Å². The van der Waals surface area contributed by atoms with Crippen molar-refractivity contribution in [2.75, 3.05) is 18.4 Å². The van der Waals surface area contributed by atoms with Crippen LogP contribution in [-0.4, -0.2) is 30.2 Å². The maximum absolute atomic E-state index is 14.3. The Bertz CT molecular complexity index is 843. The Hall–Kier alpha value is -2.53. The van der Waals surface area contributed by atoms with Gasteiger partial charge in [0.1, 0.15) is 11.9 Å². The fourth-order valence-electron chi connectivity index (χ4n) is 3.79. The molecule has 3 saturated heterocycles. The Labute approximate surface area is 162 Å². The summed E-state index contributed by atoms with van der Waals surface area (Å²) in [6.07, 6.45) is 2.71. The van der Waals surface area contributed by atoms with Crippen LogP contribution >= 0.6 is 11.6 Å². The molecule has 2 bridgehead atoms. The molecule has 6 heteroatoms. The van der Waals surface area contributed by atoms with E-state index in [1.54, 1.807) is 30.3 Å². The summed E-state index contributed by atoms with van der Waals surface area (Å²) in [4.78, 5) is 14.6. The predicted octanol–water partition coefficient (Wildman–Crippen LogP) is 5.16. The lowest BCUT2D eigenvalue weighted by Gasteiger charge is -2.47. The van der Waals surface area contributed by atoms with Crippen molar-refractivity contribution in [2.45, 2.75) is 18.9 Å². The highest BCUT2D eigenvalue weighted by Crippen LogP contribution is 2.38. The van der Waals surface area contributed by atoms with Crippen LogP contribution in [0, 0.1) is 11.7 Å². The molecule has 140 valence electrons. The molecule has 3 aliphatic rings. The number of hydrogen-bond donors (Lipinski definition) is 1. The lowest BCUT2D eigenvalue weighted by molar-refractivity contribution is 0.0103. The number of carbonyl (C=O) groups excluding carboxylic acids is 1. The van der Waals surface area contributed by atoms with Gasteiger partial charge in [-0.2, -0.15) is 0 Å². The minimum Gasteiger partial charge on any atom is -0.439 e. The molecule has 5 rings (SSSR count). The molecule has 3 aliphatic heterocycles. The topological polar surface area (TPSA) is 41.6 Å². The fourth-order valence-corrected chi connectivity index (χ4v) is 4.01. The molecule has 3 heterocycles. The van der Waals surface area contributed by atoms with Crippen LogP contribution in [0.4, 0.5) is 14.9 Å². The Morgan fingerprint density at radius 3 is 2.59 bits per heavy atom. The average molecular weight is 387 g/mol. The Morgan fingerprint density at radius 2 is 1.89 bits per heavy atom. The number of para-hydroxylation sites is 1. The number of hydrogen-bond acceptors (Lipinski definition) is 3. The molecule has 0 radical (unpaired) electrons. The number of nitrogens with one attached hydrogen (secondary N) is 1. The molecular formula is C21H20ClFN2O2. The Balaban J connectivity index is 1.59. The number of carbonyl (C=O) groups is 1. The third-order valence-electron chi connectivity index (χ3n) is 5.17. The van der Waals surface area contributed by atoms with Gasteiger partial charge in [0.2, 0.25) is 0 Å². The summed E-state index contributed by atoms with van der Waals surface area (Å²) in [5.41, 5.74) is 1.82. The Kier molecular flexibility index (Phi) is 5.03. The molecule has 2 aromatic rings. The second-order valence-electron chi connectivity index (χ2n) is 6.85. The minimum absolute atomic E-state index is 0.230. The zero-order chi connectivity index (χ0) is 18.8. The van der Waals surface area contributed by atoms with Gasteiger partial charge in [0.25, 0.3) is 0 Å². The second kappa shape index (κ2) is 7.61. The number of rotatable bonds is 3. The molecule has 4 nitrogen and oxygen atoms in total. The predicted molar refractivity (Wildman–Crippen MR) is 104 cm³/mol. The van der Waals surface area contributed by atoms with Crippen molar-refractivity contribution < 1.29 is 13.9 Å². The number of piperidine rings is 3. The lowest BCUT2D eigenvalue weighted by Crippen LogP contribution is -2.50. The quantitative estimate of drug-likeness (QED) is 0.791. The van der Waals surface area contributed by atoms with E-state index in [4.69, 9.17) is 16.3 Å². The molecule has 1 atom stereocenters. The zero-order valence-electron chi connectivity index (χ0n) is 14.7. The van der Waals surface area contributed by atoms with Crippen molar-refractivity contribution in [2.24, 2.45) is 5.92 Å². The molecule has 3 fully saturated rings. The molecule has 0 aromatic heterocycles. The summed E-state index contributed by atoms with van der Waals surface area (Å²) < 4.78 is 20.0. The number of ether oxygens (including phenoxy) is 1. The monoisotopic (exact) mass is 386 g/mol. The first-order chi connectivity index (χ1) is 13.1. The number of nitrogens with zero attached hydrogens (tertiary/aromatic N) is 1. The first kappa shape index (κ1) is 17.9. The summed E-state index contributed by atoms with van der Waals surface area (Å²) >= 11 is 6.19. The number of anilines is 1. The van der Waals surface area contributed by atoms with E-state index in [0.717, 1.165) is 31.6 Å². The van der Waals surface area contributed by atoms with Crippen LogP contribution < -0.4 is 5.32 Å². The SMILES string of the molecule is O=C(Nc1ccccc1)OC1/C(=C/c2c(F)cccc2Cl)N2CCC1CC2. The van der Waals surface area contributed by atoms with Gasteiger partial charge in [-0.3, -0.25) is 5.32 Å². The lowest BCUT2D eigenvalue weighted by atomic mass is 9.82. The van der Waals surface area contributed by atoms with E-state index in [-0.39, 0.29) is 11.7 Å². The minimum atomic E-state index is -0.509. The van der Waals surface area contributed by atoms with Gasteiger partial charge >= 0.3 is 6.09 Å². The van der Waals surface area contributed by atoms with Crippen molar-refractivity contribution in [3.05, 3.63) is 70.6 Å². The van der Waals surface area contributed by atoms with Gasteiger partial charge in [0.05, 0.1) is 10.7 Å². The van der Waals surface area contributed by atoms with Crippen molar-refractivity contribution in [1.29, 1.82) is 0 Å². The average Bonchev–Trinajstić information content (AvgIpc) is 2.67. The summed E-state index contributed by atoms with van der Waals surface area (Å²) in [6, 6.07) is 13.8. The fraction of sp³-hybridized carbons (Fsp3) is 0.286. The van der Waals surface area contributed by atoms with Gasteiger partial charge in [-0.15, -0.1) is 0 Å². The van der Waals surface area contributed by atoms with Crippen LogP contribution in [0.25, 0.3) is 6.08 Å². The molecule has 2 aromatic carbocycles. The molecule has 0 aliphatic carbocycles. The van der Waals surface area contributed by atoms with Crippen molar-refractivity contribution in [3.8, 4) is 0 Å². The highest BCUT2D eigenvalue weighted by molar-refractivity contribution is 6.32. The Morgan fingerprint density at radius 1 is 1.15 bits per heavy atom. The number of fused-ring (bicyclic) bond motifs is 3. The second-order valence-corrected chi connectivity index (χ2v) is 7.25. The van der Waals surface area contributed by atoms with Crippen molar-refractivity contribution >= 4 is 29.5 Å². The van der Waals surface area contributed by atoms with Gasteiger partial charge in [0.15, 0.2) is 0 Å². The summed E-state index contributed by atoms with van der Waals surface area (Å²) in [7, 11) is 0. The maximum Gasteiger partial charge on any atom is 0.412 e. The smallest absolute Gasteiger partial charge is 0.412 e. The van der Waals surface area contributed by atoms with E-state index >= 15 is 0 Å². The van der Waals surface area contributed by atoms with Crippen LogP contribution in [0.1, 0.15) is 18.4 Å². The zero-order valence-corrected chi connectivity index (χ0v) is 15.5. The van der Waals surface area contributed by atoms with E-state index in [1.807, 2.05) is 18.2 Å². The number of halogens is 2. The van der Waals surface area contributed by atoms with Crippen LogP contribution in [0.5, 0.6) is 0 Å². The molecule has 1 N–H and O–H groups in total. The van der Waals surface area contributed by atoms with Gasteiger partial charge in [-0.05, 0) is 43.2 Å². The first-order valence-corrected chi connectivity index (χ1v) is 9.43. The summed E-state index contributed by atoms with van der Waals surface area (Å²) in [5, 5.41) is 3.09. The molecule has 1 unspecified atom stereocenters. The maximum atomic E-state index is 14.3. The van der Waals surface area contributed by atoms with E-state index in [2.05, 4.69) is 10.2 Å². The van der Waals surface area contributed by atoms with Gasteiger partial charge in [-0.1, -0.05) is 35.9 Å². The van der Waals surface area contributed by atoms with Crippen molar-refractivity contribution in [3.63, 3.8) is 0 Å². The van der Waals surface area contributed by atoms with Crippen LogP contribution in [-0.2, 0) is 4.74 Å². The summed E-state index contributed by atoms with van der Waals surface area (Å²) in [6.45, 7) is 1.76. The molecule has 27 heavy (non-hydrogen) atoms. The van der Waals surface area contributed by atoms with Crippen LogP contribution in [0.15, 0.2) is 54.2 Å². The van der Waals surface area contributed by atoms with E-state index in [9.17, 15) is 9.18 Å². The number of amides is 1. The van der Waals surface area contributed by atoms with E-state index in [0.29, 0.717) is 16.3 Å². The van der Waals surface area contributed by atoms with Crippen molar-refractivity contribution in [1.82, 2.24) is 4.90 Å². The summed E-state index contributed by atoms with van der Waals surface area (Å²) in [5.74, 6) is -0.154.